The van der Waals surface area contributed by atoms with Gasteiger partial charge in [-0.15, -0.1) is 0 Å². The number of aromatic amines is 1. The van der Waals surface area contributed by atoms with E-state index in [9.17, 15) is 4.79 Å². The van der Waals surface area contributed by atoms with Gasteiger partial charge in [-0.05, 0) is 25.8 Å². The SMILES string of the molecule is COc1ccnc(-n2cc([C@H](C)C(=O)Nc3cc(C4CC4)n[nH]3)cn2)c1. The Morgan fingerprint density at radius 1 is 1.42 bits per heavy atom. The second kappa shape index (κ2) is 6.62. The monoisotopic (exact) mass is 352 g/mol. The number of ether oxygens (including phenoxy) is 1. The van der Waals surface area contributed by atoms with Crippen LogP contribution >= 0.6 is 0 Å². The largest absolute Gasteiger partial charge is 0.497 e. The molecule has 0 aliphatic heterocycles. The lowest BCUT2D eigenvalue weighted by Crippen LogP contribution is -2.18. The van der Waals surface area contributed by atoms with Gasteiger partial charge in [0, 0.05) is 36.0 Å². The summed E-state index contributed by atoms with van der Waals surface area (Å²) < 4.78 is 6.83. The van der Waals surface area contributed by atoms with Gasteiger partial charge in [0.2, 0.25) is 5.91 Å². The number of rotatable bonds is 6. The number of H-pyrrole nitrogens is 1. The first-order valence-corrected chi connectivity index (χ1v) is 8.55. The number of hydrogen-bond acceptors (Lipinski definition) is 5. The normalized spacial score (nSPS) is 14.8. The number of anilines is 1. The molecule has 0 aromatic carbocycles. The molecule has 8 nitrogen and oxygen atoms in total. The molecule has 26 heavy (non-hydrogen) atoms. The van der Waals surface area contributed by atoms with Crippen LogP contribution in [-0.4, -0.2) is 38.0 Å². The first kappa shape index (κ1) is 16.3. The van der Waals surface area contributed by atoms with E-state index >= 15 is 0 Å². The van der Waals surface area contributed by atoms with Crippen LogP contribution in [0, 0.1) is 0 Å². The minimum atomic E-state index is -0.359. The molecule has 0 bridgehead atoms. The van der Waals surface area contributed by atoms with Gasteiger partial charge in [0.05, 0.1) is 24.9 Å². The summed E-state index contributed by atoms with van der Waals surface area (Å²) in [5, 5.41) is 14.3. The zero-order valence-electron chi connectivity index (χ0n) is 14.6. The van der Waals surface area contributed by atoms with E-state index in [1.54, 1.807) is 42.5 Å². The molecule has 3 aromatic heterocycles. The molecule has 3 heterocycles. The summed E-state index contributed by atoms with van der Waals surface area (Å²) in [6.45, 7) is 1.84. The number of amides is 1. The van der Waals surface area contributed by atoms with E-state index in [2.05, 4.69) is 25.6 Å². The van der Waals surface area contributed by atoms with E-state index in [1.807, 2.05) is 13.0 Å². The molecule has 4 rings (SSSR count). The summed E-state index contributed by atoms with van der Waals surface area (Å²) in [4.78, 5) is 16.8. The minimum Gasteiger partial charge on any atom is -0.497 e. The highest BCUT2D eigenvalue weighted by molar-refractivity contribution is 5.94. The molecule has 0 saturated heterocycles. The van der Waals surface area contributed by atoms with Crippen molar-refractivity contribution in [1.29, 1.82) is 0 Å². The van der Waals surface area contributed by atoms with Gasteiger partial charge in [0.15, 0.2) is 5.82 Å². The number of pyridine rings is 1. The minimum absolute atomic E-state index is 0.117. The first-order valence-electron chi connectivity index (χ1n) is 8.55. The van der Waals surface area contributed by atoms with E-state index in [4.69, 9.17) is 4.74 Å². The van der Waals surface area contributed by atoms with E-state index in [0.29, 0.717) is 23.3 Å². The second-order valence-corrected chi connectivity index (χ2v) is 6.46. The Morgan fingerprint density at radius 2 is 2.27 bits per heavy atom. The molecule has 0 spiro atoms. The summed E-state index contributed by atoms with van der Waals surface area (Å²) >= 11 is 0. The number of carbonyl (C=O) groups is 1. The summed E-state index contributed by atoms with van der Waals surface area (Å²) in [6.07, 6.45) is 7.47. The average Bonchev–Trinajstić information content (AvgIpc) is 3.21. The maximum atomic E-state index is 12.5. The summed E-state index contributed by atoms with van der Waals surface area (Å²) in [6, 6.07) is 5.46. The van der Waals surface area contributed by atoms with Crippen molar-refractivity contribution in [2.45, 2.75) is 31.6 Å². The van der Waals surface area contributed by atoms with Gasteiger partial charge in [0.25, 0.3) is 0 Å². The van der Waals surface area contributed by atoms with E-state index in [-0.39, 0.29) is 11.8 Å². The third kappa shape index (κ3) is 3.30. The smallest absolute Gasteiger partial charge is 0.232 e. The van der Waals surface area contributed by atoms with Gasteiger partial charge >= 0.3 is 0 Å². The maximum Gasteiger partial charge on any atom is 0.232 e. The number of hydrogen-bond donors (Lipinski definition) is 2. The molecule has 2 N–H and O–H groups in total. The van der Waals surface area contributed by atoms with Crippen molar-refractivity contribution in [2.75, 3.05) is 12.4 Å². The van der Waals surface area contributed by atoms with Crippen LogP contribution in [0.4, 0.5) is 5.82 Å². The Balaban J connectivity index is 1.46. The molecule has 0 radical (unpaired) electrons. The molecular formula is C18H20N6O2. The number of nitrogens with zero attached hydrogens (tertiary/aromatic N) is 4. The topological polar surface area (TPSA) is 97.7 Å². The summed E-state index contributed by atoms with van der Waals surface area (Å²) in [5.41, 5.74) is 1.82. The predicted octanol–water partition coefficient (Wildman–Crippen LogP) is 2.62. The number of nitrogens with one attached hydrogen (secondary N) is 2. The predicted molar refractivity (Wildman–Crippen MR) is 95.5 cm³/mol. The zero-order chi connectivity index (χ0) is 18.1. The average molecular weight is 352 g/mol. The van der Waals surface area contributed by atoms with Gasteiger partial charge in [-0.2, -0.15) is 10.2 Å². The van der Waals surface area contributed by atoms with Crippen LogP contribution in [0.5, 0.6) is 5.75 Å². The zero-order valence-corrected chi connectivity index (χ0v) is 14.6. The molecule has 8 heteroatoms. The van der Waals surface area contributed by atoms with Crippen molar-refractivity contribution >= 4 is 11.7 Å². The van der Waals surface area contributed by atoms with E-state index < -0.39 is 0 Å². The molecule has 1 fully saturated rings. The molecule has 0 unspecified atom stereocenters. The highest BCUT2D eigenvalue weighted by Gasteiger charge is 2.26. The number of carbonyl (C=O) groups excluding carboxylic acids is 1. The van der Waals surface area contributed by atoms with Gasteiger partial charge < -0.3 is 10.1 Å². The highest BCUT2D eigenvalue weighted by atomic mass is 16.5. The highest BCUT2D eigenvalue weighted by Crippen LogP contribution is 2.39. The van der Waals surface area contributed by atoms with Crippen molar-refractivity contribution in [1.82, 2.24) is 25.0 Å². The Bertz CT molecular complexity index is 927. The molecule has 1 aliphatic carbocycles. The lowest BCUT2D eigenvalue weighted by Gasteiger charge is -2.08. The number of methoxy groups -OCH3 is 1. The Kier molecular flexibility index (Phi) is 4.16. The van der Waals surface area contributed by atoms with Crippen LogP contribution in [0.1, 0.15) is 42.9 Å². The fourth-order valence-electron chi connectivity index (χ4n) is 2.72. The quantitative estimate of drug-likeness (QED) is 0.711. The second-order valence-electron chi connectivity index (χ2n) is 6.46. The van der Waals surface area contributed by atoms with Crippen molar-refractivity contribution in [3.63, 3.8) is 0 Å². The van der Waals surface area contributed by atoms with E-state index in [0.717, 1.165) is 11.3 Å². The fraction of sp³-hybridized carbons (Fsp3) is 0.333. The van der Waals surface area contributed by atoms with Crippen molar-refractivity contribution in [3.8, 4) is 11.6 Å². The maximum absolute atomic E-state index is 12.5. The van der Waals surface area contributed by atoms with Gasteiger partial charge in [-0.25, -0.2) is 9.67 Å². The fourth-order valence-corrected chi connectivity index (χ4v) is 2.72. The van der Waals surface area contributed by atoms with Crippen molar-refractivity contribution < 1.29 is 9.53 Å². The third-order valence-corrected chi connectivity index (χ3v) is 4.53. The summed E-state index contributed by atoms with van der Waals surface area (Å²) in [7, 11) is 1.60. The first-order chi connectivity index (χ1) is 12.6. The molecule has 1 amide bonds. The molecule has 1 saturated carbocycles. The molecule has 1 aliphatic rings. The Morgan fingerprint density at radius 3 is 3.04 bits per heavy atom. The van der Waals surface area contributed by atoms with Crippen molar-refractivity contribution in [2.24, 2.45) is 0 Å². The molecule has 1 atom stereocenters. The Labute approximate surface area is 150 Å². The van der Waals surface area contributed by atoms with Crippen molar-refractivity contribution in [3.05, 3.63) is 48.0 Å². The van der Waals surface area contributed by atoms with Gasteiger partial charge in [-0.1, -0.05) is 0 Å². The van der Waals surface area contributed by atoms with Crippen LogP contribution in [-0.2, 0) is 4.79 Å². The molecular weight excluding hydrogens is 332 g/mol. The molecule has 134 valence electrons. The lowest BCUT2D eigenvalue weighted by molar-refractivity contribution is -0.117. The Hall–Kier alpha value is -3.16. The van der Waals surface area contributed by atoms with E-state index in [1.165, 1.54) is 12.8 Å². The van der Waals surface area contributed by atoms with Crippen LogP contribution in [0.2, 0.25) is 0 Å². The van der Waals surface area contributed by atoms with Gasteiger partial charge in [0.1, 0.15) is 11.6 Å². The van der Waals surface area contributed by atoms with Gasteiger partial charge in [-0.3, -0.25) is 9.89 Å². The number of aromatic nitrogens is 5. The lowest BCUT2D eigenvalue weighted by atomic mass is 10.0. The van der Waals surface area contributed by atoms with Crippen LogP contribution in [0.25, 0.3) is 5.82 Å². The van der Waals surface area contributed by atoms with Crippen LogP contribution < -0.4 is 10.1 Å². The standard InChI is InChI=1S/C18H20N6O2/c1-11(18(25)21-16-8-15(22-23-16)12-3-4-12)13-9-20-24(10-13)17-7-14(26-2)5-6-19-17/h5-12H,3-4H2,1-2H3,(H2,21,22,23,25)/t11-/m0/s1. The summed E-state index contributed by atoms with van der Waals surface area (Å²) in [5.74, 6) is 2.03. The van der Waals surface area contributed by atoms with Crippen LogP contribution in [0.15, 0.2) is 36.8 Å². The third-order valence-electron chi connectivity index (χ3n) is 4.53. The molecule has 3 aromatic rings. The van der Waals surface area contributed by atoms with Crippen LogP contribution in [0.3, 0.4) is 0 Å².